The molecular formula is C18H36N2O2. The van der Waals surface area contributed by atoms with Gasteiger partial charge in [-0.15, -0.1) is 0 Å². The monoisotopic (exact) mass is 312 g/mol. The van der Waals surface area contributed by atoms with Crippen molar-refractivity contribution < 1.29 is 9.90 Å². The lowest BCUT2D eigenvalue weighted by molar-refractivity contribution is -0.142. The zero-order valence-electron chi connectivity index (χ0n) is 15.4. The zero-order valence-corrected chi connectivity index (χ0v) is 15.4. The highest BCUT2D eigenvalue weighted by Crippen LogP contribution is 2.17. The molecule has 22 heavy (non-hydrogen) atoms. The molecule has 0 rings (SSSR count). The number of hydrogen-bond donors (Lipinski definition) is 1. The van der Waals surface area contributed by atoms with E-state index in [-0.39, 0.29) is 5.92 Å². The largest absolute Gasteiger partial charge is 0.481 e. The Morgan fingerprint density at radius 2 is 1.86 bits per heavy atom. The minimum Gasteiger partial charge on any atom is -0.481 e. The van der Waals surface area contributed by atoms with Crippen LogP contribution in [0.1, 0.15) is 66.7 Å². The smallest absolute Gasteiger partial charge is 0.306 e. The number of aliphatic carboxylic acids is 1. The summed E-state index contributed by atoms with van der Waals surface area (Å²) < 4.78 is 0. The van der Waals surface area contributed by atoms with Crippen LogP contribution in [-0.2, 0) is 4.79 Å². The molecule has 0 aromatic carbocycles. The first-order valence-corrected chi connectivity index (χ1v) is 8.74. The summed E-state index contributed by atoms with van der Waals surface area (Å²) >= 11 is 0. The molecule has 1 N–H and O–H groups in total. The molecule has 0 bridgehead atoms. The Kier molecular flexibility index (Phi) is 11.2. The van der Waals surface area contributed by atoms with Crippen LogP contribution in [0.5, 0.6) is 0 Å². The maximum atomic E-state index is 11.2. The minimum absolute atomic E-state index is 0.223. The highest BCUT2D eigenvalue weighted by atomic mass is 16.4. The molecule has 0 aromatic heterocycles. The molecule has 0 spiro atoms. The van der Waals surface area contributed by atoms with Gasteiger partial charge >= 0.3 is 5.97 Å². The average Bonchev–Trinajstić information content (AvgIpc) is 2.43. The van der Waals surface area contributed by atoms with E-state index >= 15 is 0 Å². The summed E-state index contributed by atoms with van der Waals surface area (Å²) in [6.07, 6.45) is 4.55. The second-order valence-electron chi connectivity index (χ2n) is 6.79. The fraction of sp³-hybridized carbons (Fsp3) is 0.889. The molecule has 0 aromatic rings. The minimum atomic E-state index is -0.664. The third kappa shape index (κ3) is 9.19. The summed E-state index contributed by atoms with van der Waals surface area (Å²) in [5.74, 6) is -0.222. The molecule has 0 saturated carbocycles. The van der Waals surface area contributed by atoms with E-state index in [0.717, 1.165) is 38.8 Å². The second kappa shape index (κ2) is 11.6. The Morgan fingerprint density at radius 3 is 2.32 bits per heavy atom. The average molecular weight is 312 g/mol. The first-order valence-electron chi connectivity index (χ1n) is 8.74. The fourth-order valence-electron chi connectivity index (χ4n) is 2.86. The molecule has 0 fully saturated rings. The molecule has 2 unspecified atom stereocenters. The third-order valence-electron chi connectivity index (χ3n) is 4.25. The van der Waals surface area contributed by atoms with E-state index in [9.17, 15) is 9.90 Å². The molecule has 4 nitrogen and oxygen atoms in total. The molecule has 0 aliphatic carbocycles. The summed E-state index contributed by atoms with van der Waals surface area (Å²) in [4.78, 5) is 18.1. The predicted molar refractivity (Wildman–Crippen MR) is 94.8 cm³/mol. The normalized spacial score (nSPS) is 15.4. The quantitative estimate of drug-likeness (QED) is 0.436. The Balaban J connectivity index is 4.21. The summed E-state index contributed by atoms with van der Waals surface area (Å²) in [7, 11) is 2.10. The number of hydrogen-bond acceptors (Lipinski definition) is 3. The molecule has 2 atom stereocenters. The van der Waals surface area contributed by atoms with E-state index in [1.54, 1.807) is 0 Å². The van der Waals surface area contributed by atoms with Crippen LogP contribution < -0.4 is 0 Å². The first kappa shape index (κ1) is 21.1. The number of carboxylic acid groups (broad SMARTS) is 1. The molecule has 4 heteroatoms. The molecule has 0 amide bonds. The van der Waals surface area contributed by atoms with Gasteiger partial charge in [0.1, 0.15) is 0 Å². The van der Waals surface area contributed by atoms with E-state index < -0.39 is 5.97 Å². The van der Waals surface area contributed by atoms with Crippen molar-refractivity contribution in [2.75, 3.05) is 20.1 Å². The van der Waals surface area contributed by atoms with Crippen molar-refractivity contribution >= 4 is 11.7 Å². The summed E-state index contributed by atoms with van der Waals surface area (Å²) in [5, 5.41) is 9.21. The van der Waals surface area contributed by atoms with Crippen molar-refractivity contribution in [2.45, 2.75) is 72.8 Å². The van der Waals surface area contributed by atoms with Crippen LogP contribution in [0.2, 0.25) is 0 Å². The van der Waals surface area contributed by atoms with Gasteiger partial charge in [-0.05, 0) is 58.5 Å². The summed E-state index contributed by atoms with van der Waals surface area (Å²) in [6.45, 7) is 12.5. The molecule has 0 heterocycles. The van der Waals surface area contributed by atoms with E-state index in [0.29, 0.717) is 18.4 Å². The van der Waals surface area contributed by atoms with Gasteiger partial charge < -0.3 is 10.0 Å². The SMILES string of the molecule is CCC(CC(CC)N(C)CCC/N=C(\C)CC(C)C)C(=O)O. The number of aliphatic imine (C=N–C) groups is 1. The van der Waals surface area contributed by atoms with Crippen LogP contribution in [0.15, 0.2) is 4.99 Å². The van der Waals surface area contributed by atoms with Crippen molar-refractivity contribution in [1.29, 1.82) is 0 Å². The van der Waals surface area contributed by atoms with Gasteiger partial charge in [0.05, 0.1) is 5.92 Å². The number of rotatable bonds is 12. The maximum absolute atomic E-state index is 11.2. The number of nitrogens with zero attached hydrogens (tertiary/aromatic N) is 2. The van der Waals surface area contributed by atoms with Gasteiger partial charge in [-0.25, -0.2) is 0 Å². The highest BCUT2D eigenvalue weighted by molar-refractivity contribution is 5.82. The van der Waals surface area contributed by atoms with Gasteiger partial charge in [0.2, 0.25) is 0 Å². The fourth-order valence-corrected chi connectivity index (χ4v) is 2.86. The van der Waals surface area contributed by atoms with E-state index in [1.165, 1.54) is 5.71 Å². The Hall–Kier alpha value is -0.900. The summed E-state index contributed by atoms with van der Waals surface area (Å²) in [5.41, 5.74) is 1.24. The number of carbonyl (C=O) groups is 1. The molecule has 0 saturated heterocycles. The molecule has 0 aliphatic rings. The Bertz CT molecular complexity index is 340. The van der Waals surface area contributed by atoms with E-state index in [1.807, 2.05) is 6.92 Å². The topological polar surface area (TPSA) is 52.9 Å². The Labute approximate surface area is 137 Å². The second-order valence-corrected chi connectivity index (χ2v) is 6.79. The van der Waals surface area contributed by atoms with Crippen LogP contribution in [0.3, 0.4) is 0 Å². The summed E-state index contributed by atoms with van der Waals surface area (Å²) in [6, 6.07) is 0.349. The van der Waals surface area contributed by atoms with Crippen molar-refractivity contribution in [3.8, 4) is 0 Å². The molecule has 0 aliphatic heterocycles. The van der Waals surface area contributed by atoms with Crippen molar-refractivity contribution in [3.05, 3.63) is 0 Å². The standard InChI is InChI=1S/C18H36N2O2/c1-7-16(18(21)22)13-17(8-2)20(6)11-9-10-19-15(5)12-14(3)4/h14,16-17H,7-13H2,1-6H3,(H,21,22)/b19-15+. The molecular weight excluding hydrogens is 276 g/mol. The van der Waals surface area contributed by atoms with Crippen molar-refractivity contribution in [1.82, 2.24) is 4.90 Å². The van der Waals surface area contributed by atoms with Crippen molar-refractivity contribution in [2.24, 2.45) is 16.8 Å². The lowest BCUT2D eigenvalue weighted by Crippen LogP contribution is -2.35. The predicted octanol–water partition coefficient (Wildman–Crippen LogP) is 4.09. The van der Waals surface area contributed by atoms with Gasteiger partial charge in [-0.2, -0.15) is 0 Å². The zero-order chi connectivity index (χ0) is 17.1. The van der Waals surface area contributed by atoms with Gasteiger partial charge in [-0.1, -0.05) is 27.7 Å². The van der Waals surface area contributed by atoms with Crippen LogP contribution in [0, 0.1) is 11.8 Å². The van der Waals surface area contributed by atoms with Crippen LogP contribution in [0.4, 0.5) is 0 Å². The first-order chi connectivity index (χ1) is 10.3. The van der Waals surface area contributed by atoms with Crippen LogP contribution in [-0.4, -0.2) is 47.9 Å². The van der Waals surface area contributed by atoms with Crippen molar-refractivity contribution in [3.63, 3.8) is 0 Å². The molecule has 130 valence electrons. The van der Waals surface area contributed by atoms with E-state index in [4.69, 9.17) is 0 Å². The maximum Gasteiger partial charge on any atom is 0.306 e. The lowest BCUT2D eigenvalue weighted by atomic mass is 9.95. The van der Waals surface area contributed by atoms with Gasteiger partial charge in [-0.3, -0.25) is 9.79 Å². The molecule has 0 radical (unpaired) electrons. The third-order valence-corrected chi connectivity index (χ3v) is 4.25. The van der Waals surface area contributed by atoms with Crippen LogP contribution in [0.25, 0.3) is 0 Å². The Morgan fingerprint density at radius 1 is 1.23 bits per heavy atom. The van der Waals surface area contributed by atoms with Crippen LogP contribution >= 0.6 is 0 Å². The van der Waals surface area contributed by atoms with Gasteiger partial charge in [0, 0.05) is 18.3 Å². The van der Waals surface area contributed by atoms with Gasteiger partial charge in [0.25, 0.3) is 0 Å². The van der Waals surface area contributed by atoms with E-state index in [2.05, 4.69) is 44.6 Å². The highest BCUT2D eigenvalue weighted by Gasteiger charge is 2.22. The number of carboxylic acids is 1. The van der Waals surface area contributed by atoms with Gasteiger partial charge in [0.15, 0.2) is 0 Å². The lowest BCUT2D eigenvalue weighted by Gasteiger charge is -2.29.